The van der Waals surface area contributed by atoms with Gasteiger partial charge in [-0.1, -0.05) is 6.07 Å². The molecule has 0 saturated carbocycles. The van der Waals surface area contributed by atoms with Crippen LogP contribution in [-0.4, -0.2) is 40.4 Å². The Morgan fingerprint density at radius 1 is 1.40 bits per heavy atom. The van der Waals surface area contributed by atoms with Crippen LogP contribution in [-0.2, 0) is 11.3 Å². The van der Waals surface area contributed by atoms with Crippen LogP contribution < -0.4 is 20.3 Å². The molecule has 30 heavy (non-hydrogen) atoms. The van der Waals surface area contributed by atoms with Crippen LogP contribution in [0.5, 0.6) is 5.75 Å². The van der Waals surface area contributed by atoms with Crippen molar-refractivity contribution in [1.82, 2.24) is 20.2 Å². The standard InChI is InChI=1S/C19H22F3N5O3/c1-3-26-10-8-23-16(26)12(2)24-18(29)25-15-7-9-27(17(15)28)13-5-4-6-14(11-13)30-19(20,21)22/h4-6,8,10-12,15H,3,7,9H2,1-2H3,(H2,24,25,29). The molecule has 162 valence electrons. The van der Waals surface area contributed by atoms with E-state index in [2.05, 4.69) is 20.4 Å². The van der Waals surface area contributed by atoms with Crippen LogP contribution in [0.3, 0.4) is 0 Å². The molecule has 0 spiro atoms. The number of aromatic nitrogens is 2. The number of anilines is 1. The van der Waals surface area contributed by atoms with Crippen molar-refractivity contribution in [3.63, 3.8) is 0 Å². The largest absolute Gasteiger partial charge is 0.573 e. The van der Waals surface area contributed by atoms with Gasteiger partial charge in [-0.05, 0) is 32.4 Å². The highest BCUT2D eigenvalue weighted by Crippen LogP contribution is 2.29. The number of nitrogens with one attached hydrogen (secondary N) is 2. The minimum Gasteiger partial charge on any atom is -0.406 e. The summed E-state index contributed by atoms with van der Waals surface area (Å²) in [5.74, 6) is -0.132. The number of carbonyl (C=O) groups is 2. The van der Waals surface area contributed by atoms with Gasteiger partial charge in [0.2, 0.25) is 5.91 Å². The first kappa shape index (κ1) is 21.5. The first-order valence-corrected chi connectivity index (χ1v) is 9.43. The van der Waals surface area contributed by atoms with Crippen LogP contribution in [0, 0.1) is 0 Å². The maximum atomic E-state index is 12.7. The smallest absolute Gasteiger partial charge is 0.406 e. The molecule has 1 aliphatic heterocycles. The molecular formula is C19H22F3N5O3. The molecule has 1 aromatic carbocycles. The van der Waals surface area contributed by atoms with Gasteiger partial charge in [-0.3, -0.25) is 4.79 Å². The van der Waals surface area contributed by atoms with Crippen molar-refractivity contribution in [2.45, 2.75) is 45.3 Å². The zero-order chi connectivity index (χ0) is 21.9. The third-order valence-corrected chi connectivity index (χ3v) is 4.70. The lowest BCUT2D eigenvalue weighted by Gasteiger charge is -2.20. The van der Waals surface area contributed by atoms with Gasteiger partial charge in [0.05, 0.1) is 6.04 Å². The fraction of sp³-hybridized carbons (Fsp3) is 0.421. The van der Waals surface area contributed by atoms with Crippen molar-refractivity contribution < 1.29 is 27.5 Å². The summed E-state index contributed by atoms with van der Waals surface area (Å²) in [5.41, 5.74) is 0.268. The predicted molar refractivity (Wildman–Crippen MR) is 102 cm³/mol. The minimum atomic E-state index is -4.82. The molecule has 0 aliphatic carbocycles. The molecule has 2 atom stereocenters. The van der Waals surface area contributed by atoms with Crippen molar-refractivity contribution in [1.29, 1.82) is 0 Å². The van der Waals surface area contributed by atoms with Gasteiger partial charge in [0.15, 0.2) is 0 Å². The first-order valence-electron chi connectivity index (χ1n) is 9.43. The van der Waals surface area contributed by atoms with Crippen molar-refractivity contribution in [3.05, 3.63) is 42.5 Å². The number of amides is 3. The molecule has 0 bridgehead atoms. The zero-order valence-electron chi connectivity index (χ0n) is 16.4. The molecule has 11 heteroatoms. The van der Waals surface area contributed by atoms with Crippen molar-refractivity contribution in [3.8, 4) is 5.75 Å². The second-order valence-corrected chi connectivity index (χ2v) is 6.79. The highest BCUT2D eigenvalue weighted by molar-refractivity contribution is 6.01. The van der Waals surface area contributed by atoms with E-state index in [0.717, 1.165) is 12.1 Å². The van der Waals surface area contributed by atoms with Gasteiger partial charge in [-0.2, -0.15) is 0 Å². The van der Waals surface area contributed by atoms with E-state index < -0.39 is 30.1 Å². The highest BCUT2D eigenvalue weighted by atomic mass is 19.4. The summed E-state index contributed by atoms with van der Waals surface area (Å²) in [7, 11) is 0. The Kier molecular flexibility index (Phi) is 6.18. The Hall–Kier alpha value is -3.24. The summed E-state index contributed by atoms with van der Waals surface area (Å²) in [6, 6.07) is 3.50. The lowest BCUT2D eigenvalue weighted by Crippen LogP contribution is -2.47. The average molecular weight is 425 g/mol. The second-order valence-electron chi connectivity index (χ2n) is 6.79. The maximum absolute atomic E-state index is 12.7. The Morgan fingerprint density at radius 2 is 2.17 bits per heavy atom. The van der Waals surface area contributed by atoms with Gasteiger partial charge in [0.25, 0.3) is 0 Å². The molecular weight excluding hydrogens is 403 g/mol. The van der Waals surface area contributed by atoms with Crippen LogP contribution in [0.15, 0.2) is 36.7 Å². The van der Waals surface area contributed by atoms with Gasteiger partial charge >= 0.3 is 12.4 Å². The highest BCUT2D eigenvalue weighted by Gasteiger charge is 2.35. The van der Waals surface area contributed by atoms with Crippen molar-refractivity contribution in [2.75, 3.05) is 11.4 Å². The molecule has 3 amide bonds. The summed E-state index contributed by atoms with van der Waals surface area (Å²) in [6.45, 7) is 4.70. The first-order chi connectivity index (χ1) is 14.2. The number of hydrogen-bond donors (Lipinski definition) is 2. The van der Waals surface area contributed by atoms with E-state index in [1.54, 1.807) is 19.3 Å². The number of nitrogens with zero attached hydrogens (tertiary/aromatic N) is 3. The number of benzene rings is 1. The van der Waals surface area contributed by atoms with Crippen LogP contribution in [0.1, 0.15) is 32.1 Å². The molecule has 1 aliphatic rings. The topological polar surface area (TPSA) is 88.5 Å². The van der Waals surface area contributed by atoms with Gasteiger partial charge < -0.3 is 24.8 Å². The predicted octanol–water partition coefficient (Wildman–Crippen LogP) is 2.97. The van der Waals surface area contributed by atoms with Gasteiger partial charge in [0.1, 0.15) is 17.6 Å². The summed E-state index contributed by atoms with van der Waals surface area (Å²) in [4.78, 5) is 30.5. The Bertz CT molecular complexity index is 915. The molecule has 1 fully saturated rings. The maximum Gasteiger partial charge on any atom is 0.573 e. The van der Waals surface area contributed by atoms with Crippen LogP contribution in [0.2, 0.25) is 0 Å². The minimum absolute atomic E-state index is 0.259. The third-order valence-electron chi connectivity index (χ3n) is 4.70. The fourth-order valence-corrected chi connectivity index (χ4v) is 3.35. The van der Waals surface area contributed by atoms with Crippen molar-refractivity contribution >= 4 is 17.6 Å². The molecule has 2 unspecified atom stereocenters. The molecule has 2 heterocycles. The van der Waals surface area contributed by atoms with E-state index in [1.807, 2.05) is 11.5 Å². The van der Waals surface area contributed by atoms with Crippen LogP contribution in [0.25, 0.3) is 0 Å². The van der Waals surface area contributed by atoms with E-state index in [0.29, 0.717) is 18.8 Å². The number of alkyl halides is 3. The summed E-state index contributed by atoms with van der Waals surface area (Å²) in [5, 5.41) is 5.37. The van der Waals surface area contributed by atoms with Gasteiger partial charge in [0, 0.05) is 37.2 Å². The molecule has 0 radical (unpaired) electrons. The number of halogens is 3. The molecule has 1 aromatic heterocycles. The molecule has 1 saturated heterocycles. The SMILES string of the molecule is CCn1ccnc1C(C)NC(=O)NC1CCN(c2cccc(OC(F)(F)F)c2)C1=O. The van der Waals surface area contributed by atoms with Crippen molar-refractivity contribution in [2.24, 2.45) is 0 Å². The number of carbonyl (C=O) groups excluding carboxylic acids is 2. The second kappa shape index (κ2) is 8.64. The number of rotatable bonds is 6. The number of urea groups is 1. The number of hydrogen-bond acceptors (Lipinski definition) is 4. The zero-order valence-corrected chi connectivity index (χ0v) is 16.4. The molecule has 3 rings (SSSR count). The van der Waals surface area contributed by atoms with E-state index >= 15 is 0 Å². The van der Waals surface area contributed by atoms with E-state index in [4.69, 9.17) is 0 Å². The number of imidazole rings is 1. The van der Waals surface area contributed by atoms with Gasteiger partial charge in [-0.15, -0.1) is 13.2 Å². The average Bonchev–Trinajstić information content (AvgIpc) is 3.27. The Labute approximate surface area is 171 Å². The number of ether oxygens (including phenoxy) is 1. The summed E-state index contributed by atoms with van der Waals surface area (Å²) >= 11 is 0. The quantitative estimate of drug-likeness (QED) is 0.745. The molecule has 2 aromatic rings. The molecule has 2 N–H and O–H groups in total. The summed E-state index contributed by atoms with van der Waals surface area (Å²) in [6.07, 6.45) is -1.04. The summed E-state index contributed by atoms with van der Waals surface area (Å²) < 4.78 is 43.1. The Balaban J connectivity index is 1.60. The Morgan fingerprint density at radius 3 is 2.87 bits per heavy atom. The molecule has 8 nitrogen and oxygen atoms in total. The normalized spacial score (nSPS) is 17.7. The third kappa shape index (κ3) is 5.02. The van der Waals surface area contributed by atoms with Gasteiger partial charge in [-0.25, -0.2) is 9.78 Å². The lowest BCUT2D eigenvalue weighted by atomic mass is 10.2. The fourth-order valence-electron chi connectivity index (χ4n) is 3.35. The monoisotopic (exact) mass is 425 g/mol. The number of aryl methyl sites for hydroxylation is 1. The van der Waals surface area contributed by atoms with E-state index in [-0.39, 0.29) is 18.3 Å². The lowest BCUT2D eigenvalue weighted by molar-refractivity contribution is -0.274. The van der Waals surface area contributed by atoms with Crippen LogP contribution >= 0.6 is 0 Å². The van der Waals surface area contributed by atoms with E-state index in [1.165, 1.54) is 17.0 Å². The van der Waals surface area contributed by atoms with Crippen LogP contribution in [0.4, 0.5) is 23.7 Å². The van der Waals surface area contributed by atoms with E-state index in [9.17, 15) is 22.8 Å².